The van der Waals surface area contributed by atoms with E-state index in [9.17, 15) is 0 Å². The zero-order valence-electron chi connectivity index (χ0n) is 14.0. The zero-order valence-corrected chi connectivity index (χ0v) is 14.0. The Balaban J connectivity index is 3.81. The molecule has 0 radical (unpaired) electrons. The minimum absolute atomic E-state index is 0.128. The Morgan fingerprint density at radius 2 is 1.50 bits per heavy atom. The fourth-order valence-corrected chi connectivity index (χ4v) is 2.92. The van der Waals surface area contributed by atoms with Crippen molar-refractivity contribution in [3.63, 3.8) is 0 Å². The van der Waals surface area contributed by atoms with E-state index in [4.69, 9.17) is 5.73 Å². The van der Waals surface area contributed by atoms with Crippen LogP contribution in [0.3, 0.4) is 0 Å². The van der Waals surface area contributed by atoms with Crippen molar-refractivity contribution in [3.8, 4) is 0 Å². The van der Waals surface area contributed by atoms with Crippen LogP contribution in [0.4, 0.5) is 0 Å². The zero-order chi connectivity index (χ0) is 15.3. The van der Waals surface area contributed by atoms with Crippen molar-refractivity contribution in [2.75, 3.05) is 0 Å². The SMILES string of the molecule is C=CCC(CCCCCCCCCC)C(C)(N)CC=C. The van der Waals surface area contributed by atoms with Crippen molar-refractivity contribution in [3.05, 3.63) is 25.3 Å². The Morgan fingerprint density at radius 1 is 0.950 bits per heavy atom. The van der Waals surface area contributed by atoms with Crippen LogP contribution in [0.2, 0.25) is 0 Å². The molecule has 2 N–H and O–H groups in total. The second-order valence-corrected chi connectivity index (χ2v) is 6.48. The van der Waals surface area contributed by atoms with Gasteiger partial charge in [0.05, 0.1) is 0 Å². The molecule has 2 unspecified atom stereocenters. The Labute approximate surface area is 127 Å². The first-order valence-corrected chi connectivity index (χ1v) is 8.59. The molecular formula is C19H37N. The molecule has 0 aromatic heterocycles. The van der Waals surface area contributed by atoms with Gasteiger partial charge in [-0.3, -0.25) is 0 Å². The minimum Gasteiger partial charge on any atom is -0.325 e. The molecule has 0 aliphatic carbocycles. The number of rotatable bonds is 14. The predicted octanol–water partition coefficient (Wildman–Crippen LogP) is 6.00. The number of hydrogen-bond acceptors (Lipinski definition) is 1. The van der Waals surface area contributed by atoms with Crippen LogP contribution >= 0.6 is 0 Å². The van der Waals surface area contributed by atoms with Crippen molar-refractivity contribution < 1.29 is 0 Å². The van der Waals surface area contributed by atoms with Crippen LogP contribution in [-0.4, -0.2) is 5.54 Å². The van der Waals surface area contributed by atoms with Crippen molar-refractivity contribution in [2.45, 2.75) is 90.0 Å². The fraction of sp³-hybridized carbons (Fsp3) is 0.789. The van der Waals surface area contributed by atoms with E-state index in [1.54, 1.807) is 0 Å². The predicted molar refractivity (Wildman–Crippen MR) is 92.9 cm³/mol. The molecule has 0 spiro atoms. The van der Waals surface area contributed by atoms with Gasteiger partial charge in [-0.1, -0.05) is 70.4 Å². The summed E-state index contributed by atoms with van der Waals surface area (Å²) in [6.45, 7) is 12.1. The first kappa shape index (κ1) is 19.4. The molecule has 0 aromatic carbocycles. The van der Waals surface area contributed by atoms with Crippen LogP contribution in [0.5, 0.6) is 0 Å². The van der Waals surface area contributed by atoms with Gasteiger partial charge in [0.25, 0.3) is 0 Å². The van der Waals surface area contributed by atoms with Gasteiger partial charge in [-0.15, -0.1) is 13.2 Å². The van der Waals surface area contributed by atoms with Crippen LogP contribution in [0.15, 0.2) is 25.3 Å². The van der Waals surface area contributed by atoms with Crippen LogP contribution in [0.25, 0.3) is 0 Å². The van der Waals surface area contributed by atoms with E-state index in [-0.39, 0.29) is 5.54 Å². The van der Waals surface area contributed by atoms with Crippen LogP contribution < -0.4 is 5.73 Å². The van der Waals surface area contributed by atoms with Gasteiger partial charge in [0.1, 0.15) is 0 Å². The molecule has 1 heteroatoms. The third kappa shape index (κ3) is 9.36. The third-order valence-corrected chi connectivity index (χ3v) is 4.37. The normalized spacial score (nSPS) is 15.6. The average molecular weight is 280 g/mol. The summed E-state index contributed by atoms with van der Waals surface area (Å²) in [7, 11) is 0. The monoisotopic (exact) mass is 279 g/mol. The van der Waals surface area contributed by atoms with E-state index in [1.807, 2.05) is 12.2 Å². The summed E-state index contributed by atoms with van der Waals surface area (Å²) in [6.07, 6.45) is 18.1. The van der Waals surface area contributed by atoms with E-state index in [0.717, 1.165) is 12.8 Å². The molecule has 20 heavy (non-hydrogen) atoms. The molecule has 0 amide bonds. The second-order valence-electron chi connectivity index (χ2n) is 6.48. The number of hydrogen-bond donors (Lipinski definition) is 1. The minimum atomic E-state index is -0.128. The Bertz CT molecular complexity index is 242. The van der Waals surface area contributed by atoms with Crippen molar-refractivity contribution in [2.24, 2.45) is 11.7 Å². The molecule has 0 fully saturated rings. The van der Waals surface area contributed by atoms with E-state index in [1.165, 1.54) is 57.8 Å². The lowest BCUT2D eigenvalue weighted by atomic mass is 9.78. The standard InChI is InChI=1S/C19H37N/c1-5-8-9-10-11-12-13-14-16-18(15-6-2)19(4,20)17-7-3/h6-7,18H,2-3,5,8-17,20H2,1,4H3. The summed E-state index contributed by atoms with van der Waals surface area (Å²) in [5.41, 5.74) is 6.31. The molecule has 0 heterocycles. The highest BCUT2D eigenvalue weighted by molar-refractivity contribution is 4.95. The van der Waals surface area contributed by atoms with E-state index >= 15 is 0 Å². The van der Waals surface area contributed by atoms with Crippen molar-refractivity contribution in [1.29, 1.82) is 0 Å². The summed E-state index contributed by atoms with van der Waals surface area (Å²) in [6, 6.07) is 0. The molecule has 0 saturated heterocycles. The van der Waals surface area contributed by atoms with Gasteiger partial charge in [-0.25, -0.2) is 0 Å². The third-order valence-electron chi connectivity index (χ3n) is 4.37. The van der Waals surface area contributed by atoms with Crippen molar-refractivity contribution in [1.82, 2.24) is 0 Å². The summed E-state index contributed by atoms with van der Waals surface area (Å²) in [4.78, 5) is 0. The summed E-state index contributed by atoms with van der Waals surface area (Å²) < 4.78 is 0. The maximum absolute atomic E-state index is 6.43. The first-order chi connectivity index (χ1) is 9.58. The highest BCUT2D eigenvalue weighted by Crippen LogP contribution is 2.28. The quantitative estimate of drug-likeness (QED) is 0.306. The maximum atomic E-state index is 6.43. The Morgan fingerprint density at radius 3 is 2.00 bits per heavy atom. The fourth-order valence-electron chi connectivity index (χ4n) is 2.92. The molecule has 1 nitrogen and oxygen atoms in total. The number of allylic oxidation sites excluding steroid dienone is 1. The van der Waals surface area contributed by atoms with E-state index in [0.29, 0.717) is 5.92 Å². The van der Waals surface area contributed by atoms with Crippen LogP contribution in [0.1, 0.15) is 84.5 Å². The van der Waals surface area contributed by atoms with Crippen molar-refractivity contribution >= 4 is 0 Å². The molecule has 0 saturated carbocycles. The van der Waals surface area contributed by atoms with Gasteiger partial charge in [-0.2, -0.15) is 0 Å². The van der Waals surface area contributed by atoms with Gasteiger partial charge >= 0.3 is 0 Å². The summed E-state index contributed by atoms with van der Waals surface area (Å²) in [5, 5.41) is 0. The van der Waals surface area contributed by atoms with Gasteiger partial charge < -0.3 is 5.73 Å². The van der Waals surface area contributed by atoms with Crippen LogP contribution in [-0.2, 0) is 0 Å². The molecule has 0 aromatic rings. The molecule has 0 rings (SSSR count). The topological polar surface area (TPSA) is 26.0 Å². The van der Waals surface area contributed by atoms with E-state index in [2.05, 4.69) is 27.0 Å². The van der Waals surface area contributed by atoms with Gasteiger partial charge in [0, 0.05) is 5.54 Å². The molecule has 0 aliphatic rings. The smallest absolute Gasteiger partial charge is 0.0191 e. The first-order valence-electron chi connectivity index (χ1n) is 8.59. The summed E-state index contributed by atoms with van der Waals surface area (Å²) >= 11 is 0. The van der Waals surface area contributed by atoms with Gasteiger partial charge in [0.15, 0.2) is 0 Å². The largest absolute Gasteiger partial charge is 0.325 e. The highest BCUT2D eigenvalue weighted by atomic mass is 14.7. The Hall–Kier alpha value is -0.560. The van der Waals surface area contributed by atoms with E-state index < -0.39 is 0 Å². The Kier molecular flexibility index (Phi) is 11.9. The molecular weight excluding hydrogens is 242 g/mol. The molecule has 118 valence electrons. The number of nitrogens with two attached hydrogens (primary N) is 1. The van der Waals surface area contributed by atoms with Crippen LogP contribution in [0, 0.1) is 5.92 Å². The molecule has 2 atom stereocenters. The molecule has 0 bridgehead atoms. The lowest BCUT2D eigenvalue weighted by Crippen LogP contribution is -2.43. The lowest BCUT2D eigenvalue weighted by molar-refractivity contribution is 0.273. The lowest BCUT2D eigenvalue weighted by Gasteiger charge is -2.33. The molecule has 0 aliphatic heterocycles. The maximum Gasteiger partial charge on any atom is 0.0191 e. The second kappa shape index (κ2) is 12.2. The number of unbranched alkanes of at least 4 members (excludes halogenated alkanes) is 7. The average Bonchev–Trinajstić information content (AvgIpc) is 2.40. The highest BCUT2D eigenvalue weighted by Gasteiger charge is 2.27. The van der Waals surface area contributed by atoms with Gasteiger partial charge in [-0.05, 0) is 32.1 Å². The van der Waals surface area contributed by atoms with Gasteiger partial charge in [0.2, 0.25) is 0 Å². The summed E-state index contributed by atoms with van der Waals surface area (Å²) in [5.74, 6) is 0.540.